The summed E-state index contributed by atoms with van der Waals surface area (Å²) >= 11 is 0. The van der Waals surface area contributed by atoms with Crippen molar-refractivity contribution in [2.45, 2.75) is 0 Å². The lowest BCUT2D eigenvalue weighted by atomic mass is 10.1. The van der Waals surface area contributed by atoms with Gasteiger partial charge >= 0.3 is 0 Å². The summed E-state index contributed by atoms with van der Waals surface area (Å²) in [4.78, 5) is 24.8. The van der Waals surface area contributed by atoms with E-state index in [1.54, 1.807) is 55.6 Å². The van der Waals surface area contributed by atoms with E-state index >= 15 is 0 Å². The maximum Gasteiger partial charge on any atom is 0.266 e. The van der Waals surface area contributed by atoms with Gasteiger partial charge in [-0.3, -0.25) is 9.59 Å². The van der Waals surface area contributed by atoms with Crippen LogP contribution in [0.3, 0.4) is 0 Å². The van der Waals surface area contributed by atoms with Gasteiger partial charge in [-0.25, -0.2) is 4.39 Å². The van der Waals surface area contributed by atoms with Gasteiger partial charge in [0.1, 0.15) is 23.2 Å². The van der Waals surface area contributed by atoms with Gasteiger partial charge in [-0.05, 0) is 72.3 Å². The Labute approximate surface area is 178 Å². The van der Waals surface area contributed by atoms with Crippen LogP contribution in [0.1, 0.15) is 15.9 Å². The molecule has 0 aliphatic rings. The molecule has 2 amide bonds. The Morgan fingerprint density at radius 2 is 1.68 bits per heavy atom. The second kappa shape index (κ2) is 9.85. The molecule has 3 rings (SSSR count). The smallest absolute Gasteiger partial charge is 0.266 e. The molecule has 3 aromatic carbocycles. The van der Waals surface area contributed by atoms with Crippen LogP contribution in [0.4, 0.5) is 15.8 Å². The van der Waals surface area contributed by atoms with Gasteiger partial charge in [0.05, 0.1) is 7.11 Å². The zero-order valence-corrected chi connectivity index (χ0v) is 16.6. The highest BCUT2D eigenvalue weighted by molar-refractivity contribution is 6.10. The number of halogens is 1. The first-order chi connectivity index (χ1) is 15.0. The number of nitrogens with zero attached hydrogens (tertiary/aromatic N) is 1. The van der Waals surface area contributed by atoms with Gasteiger partial charge in [-0.2, -0.15) is 5.26 Å². The lowest BCUT2D eigenvalue weighted by Crippen LogP contribution is -2.13. The van der Waals surface area contributed by atoms with Crippen LogP contribution in [0.2, 0.25) is 0 Å². The van der Waals surface area contributed by atoms with Crippen molar-refractivity contribution in [3.8, 4) is 11.8 Å². The lowest BCUT2D eigenvalue weighted by molar-refractivity contribution is -0.112. The lowest BCUT2D eigenvalue weighted by Gasteiger charge is -2.07. The van der Waals surface area contributed by atoms with Crippen LogP contribution in [0.5, 0.6) is 5.75 Å². The summed E-state index contributed by atoms with van der Waals surface area (Å²) in [6.07, 6.45) is 1.40. The molecule has 0 radical (unpaired) electrons. The van der Waals surface area contributed by atoms with Crippen LogP contribution in [0, 0.1) is 17.1 Å². The van der Waals surface area contributed by atoms with Crippen molar-refractivity contribution in [2.24, 2.45) is 0 Å². The fourth-order valence-electron chi connectivity index (χ4n) is 2.70. The van der Waals surface area contributed by atoms with Crippen LogP contribution in [-0.4, -0.2) is 18.9 Å². The minimum absolute atomic E-state index is 0.136. The van der Waals surface area contributed by atoms with Gasteiger partial charge < -0.3 is 15.4 Å². The number of carbonyl (C=O) groups is 2. The fraction of sp³-hybridized carbons (Fsp3) is 0.0417. The Bertz CT molecular complexity index is 1160. The first kappa shape index (κ1) is 21.3. The minimum Gasteiger partial charge on any atom is -0.497 e. The number of benzene rings is 3. The highest BCUT2D eigenvalue weighted by atomic mass is 19.1. The molecule has 154 valence electrons. The zero-order valence-electron chi connectivity index (χ0n) is 16.6. The molecule has 0 aliphatic heterocycles. The topological polar surface area (TPSA) is 91.2 Å². The summed E-state index contributed by atoms with van der Waals surface area (Å²) in [6.45, 7) is 0. The number of hydrogen-bond acceptors (Lipinski definition) is 4. The van der Waals surface area contributed by atoms with Crippen LogP contribution in [0.15, 0.2) is 78.4 Å². The van der Waals surface area contributed by atoms with E-state index in [1.165, 1.54) is 30.3 Å². The summed E-state index contributed by atoms with van der Waals surface area (Å²) in [5.41, 5.74) is 1.75. The molecule has 0 atom stereocenters. The van der Waals surface area contributed by atoms with Crippen LogP contribution in [0.25, 0.3) is 6.08 Å². The monoisotopic (exact) mass is 415 g/mol. The number of hydrogen-bond donors (Lipinski definition) is 2. The highest BCUT2D eigenvalue weighted by Crippen LogP contribution is 2.17. The molecule has 31 heavy (non-hydrogen) atoms. The predicted octanol–water partition coefficient (Wildman–Crippen LogP) is 4.63. The largest absolute Gasteiger partial charge is 0.497 e. The number of ether oxygens (including phenoxy) is 1. The molecule has 0 spiro atoms. The third-order valence-corrected chi connectivity index (χ3v) is 4.27. The van der Waals surface area contributed by atoms with E-state index in [-0.39, 0.29) is 11.5 Å². The number of carbonyl (C=O) groups excluding carboxylic acids is 2. The maximum atomic E-state index is 13.0. The first-order valence-corrected chi connectivity index (χ1v) is 9.22. The number of nitriles is 1. The number of methoxy groups -OCH3 is 1. The molecular formula is C24H18FN3O3. The zero-order chi connectivity index (χ0) is 22.2. The van der Waals surface area contributed by atoms with E-state index in [2.05, 4.69) is 10.6 Å². The Morgan fingerprint density at radius 1 is 0.968 bits per heavy atom. The van der Waals surface area contributed by atoms with Gasteiger partial charge in [0.2, 0.25) is 0 Å². The number of amides is 2. The SMILES string of the molecule is COc1ccc(C(=O)Nc2cccc(/C=C(\C#N)C(=O)Nc3ccc(F)cc3)c2)cc1. The van der Waals surface area contributed by atoms with Crippen molar-refractivity contribution < 1.29 is 18.7 Å². The normalized spacial score (nSPS) is 10.7. The van der Waals surface area contributed by atoms with E-state index in [1.807, 2.05) is 6.07 Å². The van der Waals surface area contributed by atoms with E-state index in [4.69, 9.17) is 4.74 Å². The maximum absolute atomic E-state index is 13.0. The molecule has 3 aromatic rings. The van der Waals surface area contributed by atoms with Crippen molar-refractivity contribution in [1.29, 1.82) is 5.26 Å². The molecule has 0 saturated heterocycles. The van der Waals surface area contributed by atoms with E-state index in [0.717, 1.165) is 0 Å². The van der Waals surface area contributed by atoms with E-state index in [9.17, 15) is 19.2 Å². The Hall–Kier alpha value is -4.44. The molecule has 6 nitrogen and oxygen atoms in total. The Balaban J connectivity index is 1.73. The molecule has 2 N–H and O–H groups in total. The van der Waals surface area contributed by atoms with Crippen molar-refractivity contribution in [1.82, 2.24) is 0 Å². The van der Waals surface area contributed by atoms with Gasteiger partial charge in [0.25, 0.3) is 11.8 Å². The Kier molecular flexibility index (Phi) is 6.76. The van der Waals surface area contributed by atoms with E-state index < -0.39 is 11.7 Å². The van der Waals surface area contributed by atoms with Crippen LogP contribution >= 0.6 is 0 Å². The summed E-state index contributed by atoms with van der Waals surface area (Å²) in [6, 6.07) is 20.5. The highest BCUT2D eigenvalue weighted by Gasteiger charge is 2.11. The van der Waals surface area contributed by atoms with E-state index in [0.29, 0.717) is 28.3 Å². The predicted molar refractivity (Wildman–Crippen MR) is 116 cm³/mol. The second-order valence-electron chi connectivity index (χ2n) is 6.44. The quantitative estimate of drug-likeness (QED) is 0.454. The standard InChI is InChI=1S/C24H18FN3O3/c1-31-22-11-5-17(6-12-22)23(29)28-21-4-2-3-16(14-21)13-18(15-26)24(30)27-20-9-7-19(25)8-10-20/h2-14H,1H3,(H,27,30)(H,28,29)/b18-13+. The molecule has 7 heteroatoms. The van der Waals surface area contributed by atoms with Crippen molar-refractivity contribution in [3.05, 3.63) is 95.3 Å². The summed E-state index contributed by atoms with van der Waals surface area (Å²) in [5.74, 6) is -0.714. The average molecular weight is 415 g/mol. The van der Waals surface area contributed by atoms with Crippen molar-refractivity contribution >= 4 is 29.3 Å². The molecular weight excluding hydrogens is 397 g/mol. The second-order valence-corrected chi connectivity index (χ2v) is 6.44. The summed E-state index contributed by atoms with van der Waals surface area (Å²) in [7, 11) is 1.55. The summed E-state index contributed by atoms with van der Waals surface area (Å²) < 4.78 is 18.1. The molecule has 0 aromatic heterocycles. The van der Waals surface area contributed by atoms with Crippen molar-refractivity contribution in [3.63, 3.8) is 0 Å². The van der Waals surface area contributed by atoms with Gasteiger partial charge in [-0.15, -0.1) is 0 Å². The fourth-order valence-corrected chi connectivity index (χ4v) is 2.70. The third kappa shape index (κ3) is 5.78. The molecule has 0 fully saturated rings. The van der Waals surface area contributed by atoms with Gasteiger partial charge in [0, 0.05) is 16.9 Å². The summed E-state index contributed by atoms with van der Waals surface area (Å²) in [5, 5.41) is 14.7. The van der Waals surface area contributed by atoms with Crippen LogP contribution in [-0.2, 0) is 4.79 Å². The molecule has 0 heterocycles. The van der Waals surface area contributed by atoms with Crippen LogP contribution < -0.4 is 15.4 Å². The third-order valence-electron chi connectivity index (χ3n) is 4.27. The number of anilines is 2. The first-order valence-electron chi connectivity index (χ1n) is 9.22. The molecule has 0 saturated carbocycles. The molecule has 0 bridgehead atoms. The molecule has 0 unspecified atom stereocenters. The minimum atomic E-state index is -0.623. The van der Waals surface area contributed by atoms with Gasteiger partial charge in [0.15, 0.2) is 0 Å². The van der Waals surface area contributed by atoms with Gasteiger partial charge in [-0.1, -0.05) is 12.1 Å². The molecule has 0 aliphatic carbocycles. The number of rotatable bonds is 6. The van der Waals surface area contributed by atoms with Crippen molar-refractivity contribution in [2.75, 3.05) is 17.7 Å². The average Bonchev–Trinajstić information content (AvgIpc) is 2.79. The Morgan fingerprint density at radius 3 is 2.32 bits per heavy atom. The number of nitrogens with one attached hydrogen (secondary N) is 2.